The lowest BCUT2D eigenvalue weighted by atomic mass is 9.96. The molecular weight excluding hydrogens is 450 g/mol. The van der Waals surface area contributed by atoms with Crippen LogP contribution in [0, 0.1) is 28.6 Å². The Morgan fingerprint density at radius 3 is 2.74 bits per heavy atom. The van der Waals surface area contributed by atoms with E-state index in [1.54, 1.807) is 24.3 Å². The second-order valence-electron chi connectivity index (χ2n) is 8.44. The number of hydrogen-bond acceptors (Lipinski definition) is 6. The van der Waals surface area contributed by atoms with Gasteiger partial charge in [-0.15, -0.1) is 0 Å². The van der Waals surface area contributed by atoms with Crippen LogP contribution in [0.5, 0.6) is 0 Å². The number of nitrogens with zero attached hydrogens (tertiary/aromatic N) is 3. The Hall–Kier alpha value is -3.55. The summed E-state index contributed by atoms with van der Waals surface area (Å²) >= 11 is 6.25. The fourth-order valence-electron chi connectivity index (χ4n) is 3.91. The van der Waals surface area contributed by atoms with Crippen molar-refractivity contribution in [3.05, 3.63) is 57.9 Å². The van der Waals surface area contributed by atoms with E-state index in [2.05, 4.69) is 36.4 Å². The summed E-state index contributed by atoms with van der Waals surface area (Å²) in [6, 6.07) is 11.1. The highest BCUT2D eigenvalue weighted by molar-refractivity contribution is 6.32. The quantitative estimate of drug-likeness (QED) is 0.360. The van der Waals surface area contributed by atoms with Gasteiger partial charge >= 0.3 is 0 Å². The van der Waals surface area contributed by atoms with Crippen molar-refractivity contribution in [3.63, 3.8) is 0 Å². The normalized spacial score (nSPS) is 12.5. The van der Waals surface area contributed by atoms with Gasteiger partial charge in [0.25, 0.3) is 5.91 Å². The second kappa shape index (κ2) is 11.5. The molecule has 0 aliphatic heterocycles. The maximum atomic E-state index is 13.1. The summed E-state index contributed by atoms with van der Waals surface area (Å²) in [5, 5.41) is 25.8. The first-order chi connectivity index (χ1) is 16.4. The van der Waals surface area contributed by atoms with Crippen molar-refractivity contribution >= 4 is 34.3 Å². The SMILES string of the molecule is CCCC(CC(C)CC)Nc1cc2c(C(=O)NCc3cccc(C#N)c3Cl)c(C#N)oc2cn1. The van der Waals surface area contributed by atoms with Gasteiger partial charge < -0.3 is 15.1 Å². The number of nitrogens with one attached hydrogen (secondary N) is 2. The van der Waals surface area contributed by atoms with Gasteiger partial charge in [-0.05, 0) is 36.5 Å². The number of furan rings is 1. The lowest BCUT2D eigenvalue weighted by molar-refractivity contribution is 0.0951. The second-order valence-corrected chi connectivity index (χ2v) is 8.81. The molecule has 2 heterocycles. The molecule has 0 spiro atoms. The van der Waals surface area contributed by atoms with Crippen LogP contribution in [0.15, 0.2) is 34.9 Å². The monoisotopic (exact) mass is 477 g/mol. The van der Waals surface area contributed by atoms with Crippen LogP contribution in [0.2, 0.25) is 5.02 Å². The minimum atomic E-state index is -0.462. The third kappa shape index (κ3) is 5.68. The van der Waals surface area contributed by atoms with Gasteiger partial charge in [0.15, 0.2) is 5.58 Å². The molecule has 0 saturated carbocycles. The molecule has 1 aromatic carbocycles. The Balaban J connectivity index is 1.87. The van der Waals surface area contributed by atoms with Gasteiger partial charge in [-0.2, -0.15) is 10.5 Å². The average molecular weight is 478 g/mol. The third-order valence-corrected chi connectivity index (χ3v) is 6.36. The molecule has 34 heavy (non-hydrogen) atoms. The van der Waals surface area contributed by atoms with Crippen molar-refractivity contribution in [2.24, 2.45) is 5.92 Å². The van der Waals surface area contributed by atoms with Crippen molar-refractivity contribution in [3.8, 4) is 12.1 Å². The van der Waals surface area contributed by atoms with Gasteiger partial charge in [0.1, 0.15) is 23.5 Å². The first-order valence-electron chi connectivity index (χ1n) is 11.5. The van der Waals surface area contributed by atoms with Crippen LogP contribution < -0.4 is 10.6 Å². The molecule has 0 aliphatic carbocycles. The zero-order valence-corrected chi connectivity index (χ0v) is 20.4. The van der Waals surface area contributed by atoms with E-state index in [9.17, 15) is 10.1 Å². The van der Waals surface area contributed by atoms with E-state index in [-0.39, 0.29) is 23.9 Å². The number of hydrogen-bond donors (Lipinski definition) is 2. The molecule has 3 aromatic rings. The summed E-state index contributed by atoms with van der Waals surface area (Å²) in [5.74, 6) is 0.682. The zero-order valence-electron chi connectivity index (χ0n) is 19.6. The summed E-state index contributed by atoms with van der Waals surface area (Å²) < 4.78 is 5.59. The van der Waals surface area contributed by atoms with Crippen LogP contribution in [0.25, 0.3) is 11.0 Å². The Bertz CT molecular complexity index is 1250. The molecule has 176 valence electrons. The van der Waals surface area contributed by atoms with Crippen LogP contribution in [-0.4, -0.2) is 16.9 Å². The average Bonchev–Trinajstić information content (AvgIpc) is 3.21. The van der Waals surface area contributed by atoms with Gasteiger partial charge in [-0.1, -0.05) is 57.3 Å². The molecule has 8 heteroatoms. The maximum absolute atomic E-state index is 13.1. The summed E-state index contributed by atoms with van der Waals surface area (Å²) in [6.45, 7) is 6.67. The lowest BCUT2D eigenvalue weighted by Gasteiger charge is -2.21. The van der Waals surface area contributed by atoms with Crippen LogP contribution in [0.4, 0.5) is 5.82 Å². The number of nitriles is 2. The fraction of sp³-hybridized carbons (Fsp3) is 0.385. The van der Waals surface area contributed by atoms with E-state index in [1.807, 2.05) is 12.1 Å². The van der Waals surface area contributed by atoms with Gasteiger partial charge in [0, 0.05) is 18.0 Å². The molecule has 3 rings (SSSR count). The molecule has 2 unspecified atom stereocenters. The lowest BCUT2D eigenvalue weighted by Crippen LogP contribution is -2.24. The van der Waals surface area contributed by atoms with Crippen LogP contribution in [0.1, 0.15) is 73.7 Å². The highest BCUT2D eigenvalue weighted by atomic mass is 35.5. The van der Waals surface area contributed by atoms with Crippen molar-refractivity contribution in [1.82, 2.24) is 10.3 Å². The number of pyridine rings is 1. The zero-order chi connectivity index (χ0) is 24.7. The van der Waals surface area contributed by atoms with Crippen molar-refractivity contribution in [1.29, 1.82) is 10.5 Å². The topological polar surface area (TPSA) is 115 Å². The minimum absolute atomic E-state index is 0.0759. The van der Waals surface area contributed by atoms with E-state index in [1.165, 1.54) is 6.20 Å². The molecule has 2 atom stereocenters. The molecular formula is C26H28ClN5O2. The Morgan fingerprint density at radius 2 is 2.06 bits per heavy atom. The molecule has 7 nitrogen and oxygen atoms in total. The van der Waals surface area contributed by atoms with Gasteiger partial charge in [0.2, 0.25) is 5.76 Å². The standard InChI is InChI=1S/C26H28ClN5O2/c1-4-7-19(10-16(3)5-2)32-23-11-20-22(15-30-23)34-21(13-29)24(20)26(33)31-14-18-9-6-8-17(12-28)25(18)27/h6,8-9,11,15-16,19H,4-5,7,10,14H2,1-3H3,(H,30,32)(H,31,33). The Morgan fingerprint density at radius 1 is 1.26 bits per heavy atom. The Labute approximate surface area is 204 Å². The summed E-state index contributed by atoms with van der Waals surface area (Å²) in [6.07, 6.45) is 5.72. The molecule has 0 saturated heterocycles. The summed E-state index contributed by atoms with van der Waals surface area (Å²) in [4.78, 5) is 17.5. The highest BCUT2D eigenvalue weighted by Gasteiger charge is 2.22. The fourth-order valence-corrected chi connectivity index (χ4v) is 4.15. The van der Waals surface area contributed by atoms with Crippen molar-refractivity contribution in [2.45, 2.75) is 59.0 Å². The number of benzene rings is 1. The summed E-state index contributed by atoms with van der Waals surface area (Å²) in [7, 11) is 0. The Kier molecular flexibility index (Phi) is 8.51. The smallest absolute Gasteiger partial charge is 0.256 e. The third-order valence-electron chi connectivity index (χ3n) is 5.92. The highest BCUT2D eigenvalue weighted by Crippen LogP contribution is 2.28. The largest absolute Gasteiger partial charge is 0.443 e. The van der Waals surface area contributed by atoms with Crippen molar-refractivity contribution in [2.75, 3.05) is 5.32 Å². The molecule has 2 N–H and O–H groups in total. The number of rotatable bonds is 10. The first-order valence-corrected chi connectivity index (χ1v) is 11.8. The van der Waals surface area contributed by atoms with Crippen LogP contribution in [-0.2, 0) is 6.54 Å². The van der Waals surface area contributed by atoms with E-state index in [0.29, 0.717) is 38.9 Å². The molecule has 0 radical (unpaired) electrons. The van der Waals surface area contributed by atoms with Gasteiger partial charge in [0.05, 0.1) is 16.8 Å². The number of amides is 1. The number of halogens is 1. The van der Waals surface area contributed by atoms with E-state index >= 15 is 0 Å². The number of carbonyl (C=O) groups is 1. The molecule has 0 bridgehead atoms. The van der Waals surface area contributed by atoms with Gasteiger partial charge in [-0.25, -0.2) is 4.98 Å². The van der Waals surface area contributed by atoms with Gasteiger partial charge in [-0.3, -0.25) is 4.79 Å². The molecule has 0 fully saturated rings. The molecule has 1 amide bonds. The molecule has 2 aromatic heterocycles. The maximum Gasteiger partial charge on any atom is 0.256 e. The summed E-state index contributed by atoms with van der Waals surface area (Å²) in [5.41, 5.74) is 1.47. The predicted molar refractivity (Wildman–Crippen MR) is 132 cm³/mol. The van der Waals surface area contributed by atoms with Crippen LogP contribution in [0.3, 0.4) is 0 Å². The number of carbonyl (C=O) groups excluding carboxylic acids is 1. The number of anilines is 1. The molecule has 0 aliphatic rings. The van der Waals surface area contributed by atoms with E-state index in [4.69, 9.17) is 21.3 Å². The van der Waals surface area contributed by atoms with Crippen LogP contribution >= 0.6 is 11.6 Å². The minimum Gasteiger partial charge on any atom is -0.443 e. The van der Waals surface area contributed by atoms with E-state index < -0.39 is 5.91 Å². The van der Waals surface area contributed by atoms with E-state index in [0.717, 1.165) is 25.7 Å². The first kappa shape index (κ1) is 25.1. The predicted octanol–water partition coefficient (Wildman–Crippen LogP) is 6.17. The van der Waals surface area contributed by atoms with Crippen molar-refractivity contribution < 1.29 is 9.21 Å². The number of fused-ring (bicyclic) bond motifs is 1. The number of aromatic nitrogens is 1.